The van der Waals surface area contributed by atoms with E-state index in [-0.39, 0.29) is 5.56 Å². The van der Waals surface area contributed by atoms with Crippen LogP contribution in [0.1, 0.15) is 64.5 Å². The van der Waals surface area contributed by atoms with Crippen LogP contribution in [0.5, 0.6) is 0 Å². The van der Waals surface area contributed by atoms with Crippen LogP contribution in [0.3, 0.4) is 0 Å². The van der Waals surface area contributed by atoms with Gasteiger partial charge < -0.3 is 4.74 Å². The van der Waals surface area contributed by atoms with Gasteiger partial charge in [0.25, 0.3) is 5.56 Å². The second-order valence-corrected chi connectivity index (χ2v) is 8.47. The quantitative estimate of drug-likeness (QED) is 0.360. The molecule has 1 aromatic carbocycles. The van der Waals surface area contributed by atoms with Crippen molar-refractivity contribution >= 4 is 27.5 Å². The summed E-state index contributed by atoms with van der Waals surface area (Å²) >= 11 is 1.44. The number of aromatic nitrogens is 2. The molecule has 0 aliphatic heterocycles. The molecular weight excluding hydrogens is 384 g/mol. The molecule has 5 nitrogen and oxygen atoms in total. The Kier molecular flexibility index (Phi) is 6.85. The summed E-state index contributed by atoms with van der Waals surface area (Å²) in [5.41, 5.74) is 2.88. The van der Waals surface area contributed by atoms with Crippen molar-refractivity contribution in [3.63, 3.8) is 0 Å². The first-order valence-corrected chi connectivity index (χ1v) is 11.1. The zero-order chi connectivity index (χ0) is 21.0. The molecule has 0 saturated heterocycles. The minimum absolute atomic E-state index is 0.211. The van der Waals surface area contributed by atoms with Crippen LogP contribution in [0.25, 0.3) is 21.3 Å². The summed E-state index contributed by atoms with van der Waals surface area (Å²) in [5, 5.41) is 2.52. The Morgan fingerprint density at radius 3 is 2.55 bits per heavy atom. The maximum absolute atomic E-state index is 13.2. The average molecular weight is 413 g/mol. The van der Waals surface area contributed by atoms with E-state index < -0.39 is 12.0 Å². The summed E-state index contributed by atoms with van der Waals surface area (Å²) in [6.45, 7) is 8.47. The topological polar surface area (TPSA) is 61.2 Å². The lowest BCUT2D eigenvalue weighted by Crippen LogP contribution is -2.29. The van der Waals surface area contributed by atoms with Crippen LogP contribution in [0.4, 0.5) is 0 Å². The Bertz CT molecular complexity index is 1030. The van der Waals surface area contributed by atoms with Gasteiger partial charge in [-0.1, -0.05) is 57.9 Å². The van der Waals surface area contributed by atoms with Crippen molar-refractivity contribution < 1.29 is 9.53 Å². The molecule has 0 aliphatic rings. The summed E-state index contributed by atoms with van der Waals surface area (Å²) in [5.74, 6) is 0.0498. The second kappa shape index (κ2) is 9.35. The third kappa shape index (κ3) is 4.58. The molecular formula is C23H28N2O3S. The third-order valence-electron chi connectivity index (χ3n) is 5.16. The van der Waals surface area contributed by atoms with Gasteiger partial charge in [-0.2, -0.15) is 0 Å². The normalized spacial score (nSPS) is 12.4. The van der Waals surface area contributed by atoms with Crippen molar-refractivity contribution in [2.75, 3.05) is 6.61 Å². The number of nitrogens with zero attached hydrogens (tertiary/aromatic N) is 2. The molecule has 0 aliphatic carbocycles. The number of unbranched alkanes of at least 4 members (excludes halogenated alkanes) is 2. The molecule has 2 heterocycles. The molecule has 0 bridgehead atoms. The zero-order valence-electron chi connectivity index (χ0n) is 17.5. The number of fused-ring (bicyclic) bond motifs is 1. The van der Waals surface area contributed by atoms with E-state index in [0.717, 1.165) is 30.4 Å². The van der Waals surface area contributed by atoms with Crippen LogP contribution >= 0.6 is 11.3 Å². The molecule has 0 amide bonds. The van der Waals surface area contributed by atoms with Crippen molar-refractivity contribution in [2.45, 2.75) is 58.9 Å². The highest BCUT2D eigenvalue weighted by Gasteiger charge is 2.21. The van der Waals surface area contributed by atoms with Crippen LogP contribution < -0.4 is 5.56 Å². The average Bonchev–Trinajstić information content (AvgIpc) is 3.16. The van der Waals surface area contributed by atoms with Crippen molar-refractivity contribution in [3.05, 3.63) is 51.9 Å². The molecule has 2 aromatic heterocycles. The zero-order valence-corrected chi connectivity index (χ0v) is 18.3. The lowest BCUT2D eigenvalue weighted by molar-refractivity contribution is -0.147. The van der Waals surface area contributed by atoms with E-state index in [9.17, 15) is 9.59 Å². The summed E-state index contributed by atoms with van der Waals surface area (Å²) < 4.78 is 6.71. The predicted octanol–water partition coefficient (Wildman–Crippen LogP) is 5.54. The van der Waals surface area contributed by atoms with Gasteiger partial charge in [0, 0.05) is 10.9 Å². The molecule has 3 aromatic rings. The number of ether oxygens (including phenoxy) is 1. The third-order valence-corrected chi connectivity index (χ3v) is 6.04. The van der Waals surface area contributed by atoms with E-state index in [1.807, 2.05) is 17.5 Å². The van der Waals surface area contributed by atoms with Gasteiger partial charge in [-0.15, -0.1) is 11.3 Å². The highest BCUT2D eigenvalue weighted by atomic mass is 32.1. The fourth-order valence-electron chi connectivity index (χ4n) is 3.24. The first-order chi connectivity index (χ1) is 13.9. The lowest BCUT2D eigenvalue weighted by atomic mass is 9.99. The standard InChI is InChI=1S/C23H28N2O3S/c1-5-6-7-12-28-23(27)16(4)25-14-24-21-20(22(25)26)19(13-29-21)18-10-8-17(9-11-18)15(2)3/h8-11,13-16H,5-7,12H2,1-4H3. The minimum Gasteiger partial charge on any atom is -0.464 e. The number of thiophene rings is 1. The predicted molar refractivity (Wildman–Crippen MR) is 119 cm³/mol. The number of esters is 1. The number of hydrogen-bond donors (Lipinski definition) is 0. The highest BCUT2D eigenvalue weighted by Crippen LogP contribution is 2.31. The Morgan fingerprint density at radius 1 is 1.17 bits per heavy atom. The van der Waals surface area contributed by atoms with Gasteiger partial charge in [0.2, 0.25) is 0 Å². The van der Waals surface area contributed by atoms with E-state index in [2.05, 4.69) is 37.9 Å². The maximum atomic E-state index is 13.2. The molecule has 29 heavy (non-hydrogen) atoms. The molecule has 6 heteroatoms. The Labute approximate surface area is 175 Å². The SMILES string of the molecule is CCCCCOC(=O)C(C)n1cnc2scc(-c3ccc(C(C)C)cc3)c2c1=O. The molecule has 1 atom stereocenters. The molecule has 1 unspecified atom stereocenters. The van der Waals surface area contributed by atoms with Crippen molar-refractivity contribution in [1.29, 1.82) is 0 Å². The summed E-state index contributed by atoms with van der Waals surface area (Å²) in [6.07, 6.45) is 4.36. The Balaban J connectivity index is 1.92. The highest BCUT2D eigenvalue weighted by molar-refractivity contribution is 7.17. The van der Waals surface area contributed by atoms with E-state index in [0.29, 0.717) is 22.7 Å². The molecule has 0 fully saturated rings. The van der Waals surface area contributed by atoms with Gasteiger partial charge in [0.1, 0.15) is 10.9 Å². The van der Waals surface area contributed by atoms with Gasteiger partial charge in [0.15, 0.2) is 0 Å². The van der Waals surface area contributed by atoms with Gasteiger partial charge >= 0.3 is 5.97 Å². The van der Waals surface area contributed by atoms with Crippen LogP contribution in [-0.4, -0.2) is 22.1 Å². The van der Waals surface area contributed by atoms with Crippen LogP contribution in [-0.2, 0) is 9.53 Å². The van der Waals surface area contributed by atoms with Crippen LogP contribution in [0.15, 0.2) is 40.8 Å². The van der Waals surface area contributed by atoms with Gasteiger partial charge in [-0.3, -0.25) is 9.36 Å². The van der Waals surface area contributed by atoms with E-state index >= 15 is 0 Å². The Morgan fingerprint density at radius 2 is 1.90 bits per heavy atom. The van der Waals surface area contributed by atoms with Crippen molar-refractivity contribution in [2.24, 2.45) is 0 Å². The van der Waals surface area contributed by atoms with Crippen LogP contribution in [0, 0.1) is 0 Å². The molecule has 154 valence electrons. The van der Waals surface area contributed by atoms with Crippen molar-refractivity contribution in [1.82, 2.24) is 9.55 Å². The molecule has 0 saturated carbocycles. The first-order valence-electron chi connectivity index (χ1n) is 10.2. The molecule has 3 rings (SSSR count). The molecule has 0 N–H and O–H groups in total. The Hall–Kier alpha value is -2.47. The van der Waals surface area contributed by atoms with E-state index in [1.165, 1.54) is 27.8 Å². The number of rotatable bonds is 8. The van der Waals surface area contributed by atoms with E-state index in [4.69, 9.17) is 4.74 Å². The fourth-order valence-corrected chi connectivity index (χ4v) is 4.15. The van der Waals surface area contributed by atoms with Crippen LogP contribution in [0.2, 0.25) is 0 Å². The summed E-state index contributed by atoms with van der Waals surface area (Å²) in [6, 6.07) is 7.55. The number of hydrogen-bond acceptors (Lipinski definition) is 5. The maximum Gasteiger partial charge on any atom is 0.328 e. The first kappa shape index (κ1) is 21.2. The van der Waals surface area contributed by atoms with Gasteiger partial charge in [-0.25, -0.2) is 9.78 Å². The monoisotopic (exact) mass is 412 g/mol. The lowest BCUT2D eigenvalue weighted by Gasteiger charge is -2.14. The second-order valence-electron chi connectivity index (χ2n) is 7.61. The van der Waals surface area contributed by atoms with E-state index in [1.54, 1.807) is 6.92 Å². The summed E-state index contributed by atoms with van der Waals surface area (Å²) in [7, 11) is 0. The minimum atomic E-state index is -0.711. The van der Waals surface area contributed by atoms with Gasteiger partial charge in [-0.05, 0) is 30.4 Å². The molecule has 0 radical (unpaired) electrons. The van der Waals surface area contributed by atoms with Crippen molar-refractivity contribution in [3.8, 4) is 11.1 Å². The largest absolute Gasteiger partial charge is 0.464 e. The molecule has 0 spiro atoms. The number of carbonyl (C=O) groups is 1. The number of benzene rings is 1. The number of carbonyl (C=O) groups excluding carboxylic acids is 1. The summed E-state index contributed by atoms with van der Waals surface area (Å²) in [4.78, 5) is 30.7. The fraction of sp³-hybridized carbons (Fsp3) is 0.435. The van der Waals surface area contributed by atoms with Gasteiger partial charge in [0.05, 0.1) is 18.3 Å². The smallest absolute Gasteiger partial charge is 0.328 e.